The summed E-state index contributed by atoms with van der Waals surface area (Å²) in [5.41, 5.74) is 1.83. The Morgan fingerprint density at radius 2 is 1.76 bits per heavy atom. The van der Waals surface area contributed by atoms with Crippen molar-refractivity contribution in [3.8, 4) is 0 Å². The molecule has 0 saturated carbocycles. The standard InChI is InChI=1S/C10H12N4O2S/c1-14(2)17(15,16)13-8-3-4-9-10(7-8)12-6-5-11-9/h3-7,13H,1-2H3. The lowest BCUT2D eigenvalue weighted by Gasteiger charge is -2.13. The van der Waals surface area contributed by atoms with E-state index in [4.69, 9.17) is 0 Å². The van der Waals surface area contributed by atoms with Gasteiger partial charge in [-0.25, -0.2) is 0 Å². The summed E-state index contributed by atoms with van der Waals surface area (Å²) >= 11 is 0. The lowest BCUT2D eigenvalue weighted by molar-refractivity contribution is 0.527. The zero-order valence-electron chi connectivity index (χ0n) is 9.45. The van der Waals surface area contributed by atoms with Gasteiger partial charge in [0.25, 0.3) is 0 Å². The van der Waals surface area contributed by atoms with Gasteiger partial charge >= 0.3 is 10.2 Å². The van der Waals surface area contributed by atoms with Crippen molar-refractivity contribution in [1.82, 2.24) is 14.3 Å². The lowest BCUT2D eigenvalue weighted by atomic mass is 10.3. The van der Waals surface area contributed by atoms with Crippen molar-refractivity contribution in [3.05, 3.63) is 30.6 Å². The number of nitrogens with zero attached hydrogens (tertiary/aromatic N) is 3. The molecule has 1 aromatic carbocycles. The molecule has 0 bridgehead atoms. The van der Waals surface area contributed by atoms with Crippen LogP contribution in [0.5, 0.6) is 0 Å². The van der Waals surface area contributed by atoms with Crippen LogP contribution in [0.4, 0.5) is 5.69 Å². The van der Waals surface area contributed by atoms with Gasteiger partial charge in [-0.05, 0) is 18.2 Å². The molecule has 0 atom stereocenters. The smallest absolute Gasteiger partial charge is 0.271 e. The second-order valence-electron chi connectivity index (χ2n) is 3.65. The second-order valence-corrected chi connectivity index (χ2v) is 5.53. The number of nitrogens with one attached hydrogen (secondary N) is 1. The molecule has 2 aromatic rings. The Morgan fingerprint density at radius 3 is 2.41 bits per heavy atom. The summed E-state index contributed by atoms with van der Waals surface area (Å²) in [5, 5.41) is 0. The fourth-order valence-electron chi connectivity index (χ4n) is 1.27. The first-order chi connectivity index (χ1) is 7.99. The predicted octanol–water partition coefficient (Wildman–Crippen LogP) is 0.848. The minimum atomic E-state index is -3.48. The Kier molecular flexibility index (Phi) is 2.95. The Morgan fingerprint density at radius 1 is 1.12 bits per heavy atom. The zero-order chi connectivity index (χ0) is 12.5. The third kappa shape index (κ3) is 2.51. The van der Waals surface area contributed by atoms with E-state index in [9.17, 15) is 8.42 Å². The van der Waals surface area contributed by atoms with Gasteiger partial charge < -0.3 is 0 Å². The van der Waals surface area contributed by atoms with Crippen LogP contribution in [-0.2, 0) is 10.2 Å². The molecule has 0 aliphatic carbocycles. The molecule has 6 nitrogen and oxygen atoms in total. The molecule has 0 amide bonds. The Bertz CT molecular complexity index is 640. The second kappa shape index (κ2) is 4.27. The van der Waals surface area contributed by atoms with E-state index >= 15 is 0 Å². The van der Waals surface area contributed by atoms with Crippen LogP contribution >= 0.6 is 0 Å². The number of fused-ring (bicyclic) bond motifs is 1. The number of hydrogen-bond donors (Lipinski definition) is 1. The van der Waals surface area contributed by atoms with E-state index in [1.165, 1.54) is 14.1 Å². The first-order valence-electron chi connectivity index (χ1n) is 4.90. The molecule has 17 heavy (non-hydrogen) atoms. The third-order valence-corrected chi connectivity index (χ3v) is 3.65. The molecule has 1 aromatic heterocycles. The Balaban J connectivity index is 2.38. The van der Waals surface area contributed by atoms with Gasteiger partial charge in [0.2, 0.25) is 0 Å². The molecule has 1 N–H and O–H groups in total. The SMILES string of the molecule is CN(C)S(=O)(=O)Nc1ccc2nccnc2c1. The van der Waals surface area contributed by atoms with Gasteiger partial charge in [-0.3, -0.25) is 14.7 Å². The van der Waals surface area contributed by atoms with Crippen molar-refractivity contribution in [2.75, 3.05) is 18.8 Å². The summed E-state index contributed by atoms with van der Waals surface area (Å²) < 4.78 is 26.8. The van der Waals surface area contributed by atoms with E-state index < -0.39 is 10.2 Å². The molecule has 0 unspecified atom stereocenters. The largest absolute Gasteiger partial charge is 0.301 e. The van der Waals surface area contributed by atoms with Gasteiger partial charge in [-0.15, -0.1) is 0 Å². The van der Waals surface area contributed by atoms with Crippen molar-refractivity contribution in [1.29, 1.82) is 0 Å². The van der Waals surface area contributed by atoms with E-state index in [2.05, 4.69) is 14.7 Å². The molecule has 0 spiro atoms. The third-order valence-electron chi connectivity index (χ3n) is 2.20. The summed E-state index contributed by atoms with van der Waals surface area (Å²) in [6.07, 6.45) is 3.15. The number of anilines is 1. The van der Waals surface area contributed by atoms with Gasteiger partial charge in [0.05, 0.1) is 16.7 Å². The van der Waals surface area contributed by atoms with Gasteiger partial charge in [-0.2, -0.15) is 12.7 Å². The summed E-state index contributed by atoms with van der Waals surface area (Å²) in [5.74, 6) is 0. The maximum Gasteiger partial charge on any atom is 0.301 e. The van der Waals surface area contributed by atoms with Crippen LogP contribution in [0.2, 0.25) is 0 Å². The highest BCUT2D eigenvalue weighted by Crippen LogP contribution is 2.16. The predicted molar refractivity (Wildman–Crippen MR) is 65.8 cm³/mol. The zero-order valence-corrected chi connectivity index (χ0v) is 10.3. The van der Waals surface area contributed by atoms with Crippen LogP contribution in [0, 0.1) is 0 Å². The molecule has 2 rings (SSSR count). The van der Waals surface area contributed by atoms with Gasteiger partial charge in [0.1, 0.15) is 0 Å². The number of aromatic nitrogens is 2. The maximum absolute atomic E-state index is 11.6. The van der Waals surface area contributed by atoms with Gasteiger partial charge in [-0.1, -0.05) is 0 Å². The topological polar surface area (TPSA) is 75.2 Å². The molecule has 90 valence electrons. The summed E-state index contributed by atoms with van der Waals surface area (Å²) in [4.78, 5) is 8.21. The Hall–Kier alpha value is -1.73. The van der Waals surface area contributed by atoms with Crippen LogP contribution in [0.1, 0.15) is 0 Å². The average molecular weight is 252 g/mol. The highest BCUT2D eigenvalue weighted by Gasteiger charge is 2.12. The van der Waals surface area contributed by atoms with Crippen LogP contribution in [0.15, 0.2) is 30.6 Å². The average Bonchev–Trinajstić information content (AvgIpc) is 2.28. The van der Waals surface area contributed by atoms with E-state index in [0.29, 0.717) is 11.2 Å². The first kappa shape index (κ1) is 11.7. The molecule has 0 radical (unpaired) electrons. The summed E-state index contributed by atoms with van der Waals surface area (Å²) in [6, 6.07) is 5.01. The van der Waals surface area contributed by atoms with Gasteiger partial charge in [0, 0.05) is 26.5 Å². The summed E-state index contributed by atoms with van der Waals surface area (Å²) in [6.45, 7) is 0. The van der Waals surface area contributed by atoms with Crippen molar-refractivity contribution < 1.29 is 8.42 Å². The minimum absolute atomic E-state index is 0.465. The van der Waals surface area contributed by atoms with Gasteiger partial charge in [0.15, 0.2) is 0 Å². The molecule has 0 saturated heterocycles. The van der Waals surface area contributed by atoms with E-state index in [0.717, 1.165) is 9.82 Å². The maximum atomic E-state index is 11.6. The molecular formula is C10H12N4O2S. The van der Waals surface area contributed by atoms with Crippen molar-refractivity contribution in [2.45, 2.75) is 0 Å². The first-order valence-corrected chi connectivity index (χ1v) is 6.34. The number of rotatable bonds is 3. The van der Waals surface area contributed by atoms with Crippen LogP contribution in [0.3, 0.4) is 0 Å². The summed E-state index contributed by atoms with van der Waals surface area (Å²) in [7, 11) is -0.562. The fourth-order valence-corrected chi connectivity index (χ4v) is 1.87. The lowest BCUT2D eigenvalue weighted by Crippen LogP contribution is -2.28. The van der Waals surface area contributed by atoms with E-state index in [-0.39, 0.29) is 0 Å². The molecule has 0 fully saturated rings. The van der Waals surface area contributed by atoms with Crippen molar-refractivity contribution in [2.24, 2.45) is 0 Å². The normalized spacial score (nSPS) is 11.9. The fraction of sp³-hybridized carbons (Fsp3) is 0.200. The Labute approximate surface area is 99.5 Å². The highest BCUT2D eigenvalue weighted by atomic mass is 32.2. The van der Waals surface area contributed by atoms with Crippen molar-refractivity contribution >= 4 is 26.9 Å². The van der Waals surface area contributed by atoms with Crippen LogP contribution < -0.4 is 4.72 Å². The number of benzene rings is 1. The molecule has 0 aliphatic heterocycles. The van der Waals surface area contributed by atoms with E-state index in [1.54, 1.807) is 30.6 Å². The molecule has 0 aliphatic rings. The minimum Gasteiger partial charge on any atom is -0.271 e. The molecular weight excluding hydrogens is 240 g/mol. The van der Waals surface area contributed by atoms with E-state index in [1.807, 2.05) is 0 Å². The quantitative estimate of drug-likeness (QED) is 0.878. The number of hydrogen-bond acceptors (Lipinski definition) is 4. The highest BCUT2D eigenvalue weighted by molar-refractivity contribution is 7.90. The van der Waals surface area contributed by atoms with Crippen molar-refractivity contribution in [3.63, 3.8) is 0 Å². The monoisotopic (exact) mass is 252 g/mol. The molecule has 1 heterocycles. The van der Waals surface area contributed by atoms with Crippen LogP contribution in [0.25, 0.3) is 11.0 Å². The molecule has 7 heteroatoms. The van der Waals surface area contributed by atoms with Crippen LogP contribution in [-0.4, -0.2) is 36.8 Å².